The molecule has 2 aromatic rings. The number of H-pyrrole nitrogens is 1. The molecule has 1 aromatic heterocycles. The Hall–Kier alpha value is -3.10. The van der Waals surface area contributed by atoms with Crippen molar-refractivity contribution in [1.29, 1.82) is 0 Å². The van der Waals surface area contributed by atoms with Gasteiger partial charge in [-0.1, -0.05) is 12.1 Å². The maximum atomic E-state index is 13.0. The van der Waals surface area contributed by atoms with Crippen molar-refractivity contribution in [3.63, 3.8) is 0 Å². The van der Waals surface area contributed by atoms with Gasteiger partial charge >= 0.3 is 12.1 Å². The number of carbonyl (C=O) groups excluding carboxylic acids is 3. The number of benzene rings is 1. The Labute approximate surface area is 159 Å². The van der Waals surface area contributed by atoms with Crippen LogP contribution in [0.4, 0.5) is 18.9 Å². The number of aryl methyl sites for hydroxylation is 1. The number of esters is 1. The number of amides is 1. The first-order valence-corrected chi connectivity index (χ1v) is 8.31. The molecule has 1 atom stereocenters. The standard InChI is InChI=1S/C19H19F3N2O4/c1-9-15(11(3)25)10(2)23-16(9)18(27)28-12(4)17(26)24-14-8-6-5-7-13(14)19(20,21)22/h5-8,12,23H,1-4H3,(H,24,26)/t12-/m1/s1. The minimum Gasteiger partial charge on any atom is -0.448 e. The summed E-state index contributed by atoms with van der Waals surface area (Å²) in [5.41, 5.74) is -0.225. The van der Waals surface area contributed by atoms with Crippen molar-refractivity contribution in [3.05, 3.63) is 52.3 Å². The van der Waals surface area contributed by atoms with E-state index in [1.54, 1.807) is 13.8 Å². The maximum Gasteiger partial charge on any atom is 0.418 e. The van der Waals surface area contributed by atoms with Crippen LogP contribution < -0.4 is 5.32 Å². The lowest BCUT2D eigenvalue weighted by atomic mass is 10.1. The molecule has 0 unspecified atom stereocenters. The first kappa shape index (κ1) is 21.2. The molecule has 28 heavy (non-hydrogen) atoms. The monoisotopic (exact) mass is 396 g/mol. The second-order valence-electron chi connectivity index (χ2n) is 6.26. The molecule has 0 aliphatic carbocycles. The molecule has 9 heteroatoms. The van der Waals surface area contributed by atoms with E-state index in [9.17, 15) is 27.6 Å². The van der Waals surface area contributed by atoms with Gasteiger partial charge in [-0.2, -0.15) is 13.2 Å². The Kier molecular flexibility index (Phi) is 5.96. The number of carbonyl (C=O) groups is 3. The lowest BCUT2D eigenvalue weighted by molar-refractivity contribution is -0.137. The molecule has 2 N–H and O–H groups in total. The topological polar surface area (TPSA) is 88.3 Å². The quantitative estimate of drug-likeness (QED) is 0.590. The van der Waals surface area contributed by atoms with E-state index in [0.717, 1.165) is 12.1 Å². The molecule has 0 spiro atoms. The number of halogens is 3. The number of alkyl halides is 3. The minimum atomic E-state index is -4.65. The molecule has 2 rings (SSSR count). The molecule has 0 bridgehead atoms. The van der Waals surface area contributed by atoms with Crippen LogP contribution in [0, 0.1) is 13.8 Å². The molecule has 1 amide bonds. The molecule has 0 saturated heterocycles. The predicted octanol–water partition coefficient (Wildman–Crippen LogP) is 4.04. The van der Waals surface area contributed by atoms with Crippen molar-refractivity contribution in [1.82, 2.24) is 4.98 Å². The second kappa shape index (κ2) is 7.87. The highest BCUT2D eigenvalue weighted by atomic mass is 19.4. The number of rotatable bonds is 5. The molecule has 0 aliphatic rings. The van der Waals surface area contributed by atoms with Gasteiger partial charge in [-0.3, -0.25) is 9.59 Å². The summed E-state index contributed by atoms with van der Waals surface area (Å²) < 4.78 is 44.1. The molecular formula is C19H19F3N2O4. The zero-order valence-electron chi connectivity index (χ0n) is 15.7. The number of anilines is 1. The zero-order chi connectivity index (χ0) is 21.2. The van der Waals surface area contributed by atoms with Crippen molar-refractivity contribution in [2.75, 3.05) is 5.32 Å². The highest BCUT2D eigenvalue weighted by Crippen LogP contribution is 2.34. The van der Waals surface area contributed by atoms with Gasteiger partial charge in [0.25, 0.3) is 5.91 Å². The normalized spacial score (nSPS) is 12.4. The number of hydrogen-bond acceptors (Lipinski definition) is 4. The minimum absolute atomic E-state index is 0.0121. The Morgan fingerprint density at radius 2 is 1.75 bits per heavy atom. The largest absolute Gasteiger partial charge is 0.448 e. The van der Waals surface area contributed by atoms with Gasteiger partial charge in [0.15, 0.2) is 11.9 Å². The predicted molar refractivity (Wildman–Crippen MR) is 95.2 cm³/mol. The average molecular weight is 396 g/mol. The summed E-state index contributed by atoms with van der Waals surface area (Å²) in [6.45, 7) is 5.76. The van der Waals surface area contributed by atoms with Crippen molar-refractivity contribution in [3.8, 4) is 0 Å². The highest BCUT2D eigenvalue weighted by molar-refractivity contribution is 6.02. The highest BCUT2D eigenvalue weighted by Gasteiger charge is 2.34. The summed E-state index contributed by atoms with van der Waals surface area (Å²) in [4.78, 5) is 38.9. The van der Waals surface area contributed by atoms with Crippen LogP contribution in [0.15, 0.2) is 24.3 Å². The molecular weight excluding hydrogens is 377 g/mol. The summed E-state index contributed by atoms with van der Waals surface area (Å²) in [5.74, 6) is -2.04. The third-order valence-corrected chi connectivity index (χ3v) is 4.14. The average Bonchev–Trinajstić information content (AvgIpc) is 2.88. The van der Waals surface area contributed by atoms with Crippen molar-refractivity contribution < 1.29 is 32.3 Å². The summed E-state index contributed by atoms with van der Waals surface area (Å²) in [6.07, 6.45) is -6.01. The van der Waals surface area contributed by atoms with Gasteiger partial charge in [0.05, 0.1) is 11.3 Å². The molecule has 0 radical (unpaired) electrons. The lowest BCUT2D eigenvalue weighted by Gasteiger charge is -2.16. The van der Waals surface area contributed by atoms with Crippen molar-refractivity contribution in [2.45, 2.75) is 40.0 Å². The van der Waals surface area contributed by atoms with Gasteiger partial charge in [-0.05, 0) is 45.4 Å². The van der Waals surface area contributed by atoms with Gasteiger partial charge in [0.1, 0.15) is 5.69 Å². The van der Waals surface area contributed by atoms with Crippen LogP contribution in [-0.4, -0.2) is 28.7 Å². The van der Waals surface area contributed by atoms with Gasteiger partial charge in [0, 0.05) is 11.3 Å². The third kappa shape index (κ3) is 4.41. The molecule has 1 heterocycles. The van der Waals surface area contributed by atoms with Crippen LogP contribution in [0.5, 0.6) is 0 Å². The molecule has 150 valence electrons. The van der Waals surface area contributed by atoms with Gasteiger partial charge in [-0.25, -0.2) is 4.79 Å². The number of nitrogens with one attached hydrogen (secondary N) is 2. The number of aromatic nitrogens is 1. The Morgan fingerprint density at radius 1 is 1.14 bits per heavy atom. The number of hydrogen-bond donors (Lipinski definition) is 2. The van der Waals surface area contributed by atoms with Crippen LogP contribution in [0.25, 0.3) is 0 Å². The fourth-order valence-electron chi connectivity index (χ4n) is 2.83. The van der Waals surface area contributed by atoms with Crippen LogP contribution in [-0.2, 0) is 15.7 Å². The van der Waals surface area contributed by atoms with Crippen LogP contribution in [0.3, 0.4) is 0 Å². The third-order valence-electron chi connectivity index (χ3n) is 4.14. The van der Waals surface area contributed by atoms with E-state index in [2.05, 4.69) is 10.3 Å². The summed E-state index contributed by atoms with van der Waals surface area (Å²) in [5, 5.41) is 2.12. The fraction of sp³-hybridized carbons (Fsp3) is 0.316. The van der Waals surface area contributed by atoms with E-state index in [1.165, 1.54) is 26.0 Å². The van der Waals surface area contributed by atoms with Crippen LogP contribution >= 0.6 is 0 Å². The number of Topliss-reactive ketones (excluding diaryl/α,β-unsaturated/α-hetero) is 1. The number of ether oxygens (including phenoxy) is 1. The zero-order valence-corrected chi connectivity index (χ0v) is 15.7. The molecule has 0 fully saturated rings. The summed E-state index contributed by atoms with van der Waals surface area (Å²) >= 11 is 0. The Morgan fingerprint density at radius 3 is 2.29 bits per heavy atom. The van der Waals surface area contributed by atoms with E-state index in [0.29, 0.717) is 16.8 Å². The van der Waals surface area contributed by atoms with Crippen LogP contribution in [0.2, 0.25) is 0 Å². The maximum absolute atomic E-state index is 13.0. The summed E-state index contributed by atoms with van der Waals surface area (Å²) in [6, 6.07) is 4.48. The first-order valence-electron chi connectivity index (χ1n) is 8.31. The molecule has 0 aliphatic heterocycles. The SMILES string of the molecule is CC(=O)c1c(C)[nH]c(C(=O)O[C@H](C)C(=O)Nc2ccccc2C(F)(F)F)c1C. The van der Waals surface area contributed by atoms with E-state index < -0.39 is 35.4 Å². The van der Waals surface area contributed by atoms with E-state index in [-0.39, 0.29) is 11.5 Å². The fourth-order valence-corrected chi connectivity index (χ4v) is 2.83. The van der Waals surface area contributed by atoms with Gasteiger partial charge < -0.3 is 15.0 Å². The lowest BCUT2D eigenvalue weighted by Crippen LogP contribution is -2.31. The van der Waals surface area contributed by atoms with Crippen LogP contribution in [0.1, 0.15) is 51.5 Å². The van der Waals surface area contributed by atoms with Crippen molar-refractivity contribution >= 4 is 23.3 Å². The number of ketones is 1. The van der Waals surface area contributed by atoms with E-state index in [1.807, 2.05) is 0 Å². The van der Waals surface area contributed by atoms with Gasteiger partial charge in [-0.15, -0.1) is 0 Å². The number of aromatic amines is 1. The second-order valence-corrected chi connectivity index (χ2v) is 6.26. The Bertz CT molecular complexity index is 932. The Balaban J connectivity index is 2.15. The first-order chi connectivity index (χ1) is 12.9. The molecule has 1 aromatic carbocycles. The molecule has 6 nitrogen and oxygen atoms in total. The van der Waals surface area contributed by atoms with E-state index in [4.69, 9.17) is 4.74 Å². The molecule has 0 saturated carbocycles. The number of para-hydroxylation sites is 1. The summed E-state index contributed by atoms with van der Waals surface area (Å²) in [7, 11) is 0. The van der Waals surface area contributed by atoms with Crippen molar-refractivity contribution in [2.24, 2.45) is 0 Å². The van der Waals surface area contributed by atoms with Gasteiger partial charge in [0.2, 0.25) is 0 Å². The smallest absolute Gasteiger partial charge is 0.418 e. The van der Waals surface area contributed by atoms with E-state index >= 15 is 0 Å².